The van der Waals surface area contributed by atoms with Crippen molar-refractivity contribution in [1.29, 1.82) is 10.5 Å². The molecule has 2 aliphatic heterocycles. The Labute approximate surface area is 87.5 Å². The van der Waals surface area contributed by atoms with E-state index in [2.05, 4.69) is 0 Å². The van der Waals surface area contributed by atoms with Crippen LogP contribution in [0.1, 0.15) is 6.42 Å². The van der Waals surface area contributed by atoms with Crippen molar-refractivity contribution >= 4 is 7.51 Å². The first kappa shape index (κ1) is 10.8. The molecule has 0 bridgehead atoms. The summed E-state index contributed by atoms with van der Waals surface area (Å²) in [5.41, 5.74) is -0.772. The van der Waals surface area contributed by atoms with E-state index in [9.17, 15) is 0 Å². The van der Waals surface area contributed by atoms with Gasteiger partial charge in [0.05, 0.1) is 0 Å². The van der Waals surface area contributed by atoms with E-state index < -0.39 is 13.2 Å². The molecule has 7 heteroatoms. The van der Waals surface area contributed by atoms with E-state index in [1.54, 1.807) is 0 Å². The molecule has 0 amide bonds. The third-order valence-corrected chi connectivity index (χ3v) is 6.31. The molecule has 2 aliphatic rings. The quantitative estimate of drug-likeness (QED) is 0.660. The molecule has 0 aromatic heterocycles. The molecule has 1 spiro atoms. The van der Waals surface area contributed by atoms with Crippen molar-refractivity contribution < 1.29 is 18.1 Å². The fourth-order valence-corrected chi connectivity index (χ4v) is 5.12. The fraction of sp³-hybridized carbons (Fsp3) is 0.750. The molecule has 2 fully saturated rings. The minimum absolute atomic E-state index is 0.00563. The van der Waals surface area contributed by atoms with Gasteiger partial charge in [0, 0.05) is 0 Å². The maximum atomic E-state index is 9.05. The molecular weight excluding hydrogens is 219 g/mol. The molecule has 0 aromatic carbocycles. The van der Waals surface area contributed by atoms with Crippen LogP contribution in [-0.4, -0.2) is 32.1 Å². The molecular formula is C8H11N2O4P. The van der Waals surface area contributed by atoms with Crippen LogP contribution < -0.4 is 0 Å². The van der Waals surface area contributed by atoms with E-state index in [1.807, 2.05) is 12.1 Å². The molecule has 0 radical (unpaired) electrons. The van der Waals surface area contributed by atoms with Gasteiger partial charge in [-0.15, -0.1) is 0 Å². The molecule has 82 valence electrons. The predicted octanol–water partition coefficient (Wildman–Crippen LogP) is 1.10. The summed E-state index contributed by atoms with van der Waals surface area (Å²) in [5.74, 6) is 0. The molecule has 2 heterocycles. The molecule has 1 unspecified atom stereocenters. The van der Waals surface area contributed by atoms with Crippen molar-refractivity contribution in [3.8, 4) is 12.1 Å². The van der Waals surface area contributed by atoms with Crippen molar-refractivity contribution in [3.05, 3.63) is 0 Å². The molecule has 2 saturated heterocycles. The number of nitrogens with zero attached hydrogens (tertiary/aromatic N) is 2. The van der Waals surface area contributed by atoms with Gasteiger partial charge in [0.15, 0.2) is 0 Å². The van der Waals surface area contributed by atoms with E-state index in [-0.39, 0.29) is 6.42 Å². The van der Waals surface area contributed by atoms with Crippen LogP contribution in [0.25, 0.3) is 0 Å². The number of hydrogen-bond acceptors (Lipinski definition) is 6. The summed E-state index contributed by atoms with van der Waals surface area (Å²) in [6.45, 7) is 1.39. The minimum atomic E-state index is -3.73. The van der Waals surface area contributed by atoms with Gasteiger partial charge in [0.1, 0.15) is 0 Å². The van der Waals surface area contributed by atoms with Gasteiger partial charge in [0.25, 0.3) is 0 Å². The SMILES string of the molecule is N#CCC(C#N)P12(OCCO1)OCCO2. The maximum absolute atomic E-state index is 9.05. The molecule has 0 saturated carbocycles. The monoisotopic (exact) mass is 230 g/mol. The average molecular weight is 230 g/mol. The van der Waals surface area contributed by atoms with Crippen LogP contribution in [-0.2, 0) is 18.1 Å². The van der Waals surface area contributed by atoms with Crippen LogP contribution in [0.5, 0.6) is 0 Å². The Morgan fingerprint density at radius 2 is 1.47 bits per heavy atom. The second-order valence-corrected chi connectivity index (χ2v) is 6.60. The van der Waals surface area contributed by atoms with Crippen LogP contribution in [0.15, 0.2) is 0 Å². The molecule has 15 heavy (non-hydrogen) atoms. The first-order valence-electron chi connectivity index (χ1n) is 4.64. The van der Waals surface area contributed by atoms with Crippen molar-refractivity contribution in [2.45, 2.75) is 12.1 Å². The van der Waals surface area contributed by atoms with E-state index in [0.717, 1.165) is 0 Å². The zero-order chi connectivity index (χ0) is 10.8. The standard InChI is InChI=1S/C8H11N2O4P/c9-2-1-8(7-10)15(11-3-4-12-15)13-5-6-14-15/h8H,1,3-6H2. The van der Waals surface area contributed by atoms with Crippen molar-refractivity contribution in [2.24, 2.45) is 0 Å². The predicted molar refractivity (Wildman–Crippen MR) is 50.4 cm³/mol. The zero-order valence-electron chi connectivity index (χ0n) is 8.09. The Morgan fingerprint density at radius 1 is 1.00 bits per heavy atom. The second-order valence-electron chi connectivity index (χ2n) is 3.21. The second kappa shape index (κ2) is 3.68. The van der Waals surface area contributed by atoms with E-state index >= 15 is 0 Å². The summed E-state index contributed by atoms with van der Waals surface area (Å²) in [6, 6.07) is 3.94. The van der Waals surface area contributed by atoms with Crippen molar-refractivity contribution in [3.63, 3.8) is 0 Å². The van der Waals surface area contributed by atoms with Crippen LogP contribution in [0.3, 0.4) is 0 Å². The van der Waals surface area contributed by atoms with Gasteiger partial charge in [-0.25, -0.2) is 0 Å². The van der Waals surface area contributed by atoms with Crippen LogP contribution >= 0.6 is 7.51 Å². The summed E-state index contributed by atoms with van der Waals surface area (Å²) < 4.78 is 21.9. The van der Waals surface area contributed by atoms with Crippen LogP contribution in [0.4, 0.5) is 0 Å². The Morgan fingerprint density at radius 3 is 1.80 bits per heavy atom. The third-order valence-electron chi connectivity index (χ3n) is 2.41. The van der Waals surface area contributed by atoms with Gasteiger partial charge in [-0.05, 0) is 0 Å². The van der Waals surface area contributed by atoms with Crippen LogP contribution in [0, 0.1) is 22.7 Å². The fourth-order valence-electron chi connectivity index (χ4n) is 1.77. The van der Waals surface area contributed by atoms with E-state index in [4.69, 9.17) is 28.6 Å². The summed E-state index contributed by atoms with van der Waals surface area (Å²) in [6.07, 6.45) is -0.00563. The summed E-state index contributed by atoms with van der Waals surface area (Å²) in [7, 11) is -3.73. The van der Waals surface area contributed by atoms with Gasteiger partial charge < -0.3 is 0 Å². The van der Waals surface area contributed by atoms with Gasteiger partial charge >= 0.3 is 86.8 Å². The Bertz CT molecular complexity index is 312. The van der Waals surface area contributed by atoms with Gasteiger partial charge in [-0.2, -0.15) is 0 Å². The van der Waals surface area contributed by atoms with E-state index in [0.29, 0.717) is 26.4 Å². The first-order valence-corrected chi connectivity index (χ1v) is 6.62. The zero-order valence-corrected chi connectivity index (χ0v) is 8.98. The number of rotatable bonds is 2. The number of nitriles is 2. The van der Waals surface area contributed by atoms with Crippen molar-refractivity contribution in [1.82, 2.24) is 0 Å². The van der Waals surface area contributed by atoms with Gasteiger partial charge in [-0.1, -0.05) is 0 Å². The molecule has 0 aromatic rings. The van der Waals surface area contributed by atoms with E-state index in [1.165, 1.54) is 0 Å². The first-order chi connectivity index (χ1) is 7.25. The Hall–Kier alpha value is -0.750. The summed E-state index contributed by atoms with van der Waals surface area (Å²) in [4.78, 5) is 0. The molecule has 1 atom stereocenters. The summed E-state index contributed by atoms with van der Waals surface area (Å²) >= 11 is 0. The molecule has 6 nitrogen and oxygen atoms in total. The van der Waals surface area contributed by atoms with Crippen LogP contribution in [0.2, 0.25) is 0 Å². The van der Waals surface area contributed by atoms with Crippen molar-refractivity contribution in [2.75, 3.05) is 26.4 Å². The van der Waals surface area contributed by atoms with Gasteiger partial charge in [-0.3, -0.25) is 0 Å². The molecule has 0 aliphatic carbocycles. The van der Waals surface area contributed by atoms with Gasteiger partial charge in [0.2, 0.25) is 0 Å². The normalized spacial score (nSPS) is 31.2. The number of hydrogen-bond donors (Lipinski definition) is 0. The third kappa shape index (κ3) is 1.43. The Kier molecular flexibility index (Phi) is 2.64. The summed E-state index contributed by atoms with van der Waals surface area (Å²) in [5, 5.41) is 17.7. The Balaban J connectivity index is 2.34. The topological polar surface area (TPSA) is 84.5 Å². The molecule has 2 rings (SSSR count). The molecule has 0 N–H and O–H groups in total. The average Bonchev–Trinajstić information content (AvgIpc) is 2.87.